The van der Waals surface area contributed by atoms with E-state index in [2.05, 4.69) is 19.2 Å². The van der Waals surface area contributed by atoms with Crippen LogP contribution in [-0.4, -0.2) is 18.5 Å². The fourth-order valence-corrected chi connectivity index (χ4v) is 2.80. The fraction of sp³-hybridized carbons (Fsp3) is 0.364. The summed E-state index contributed by atoms with van der Waals surface area (Å²) in [6.45, 7) is 9.86. The summed E-state index contributed by atoms with van der Waals surface area (Å²) in [5, 5.41) is 2.88. The molecule has 0 aliphatic heterocycles. The highest BCUT2D eigenvalue weighted by molar-refractivity contribution is 5.94. The molecule has 2 aromatic rings. The van der Waals surface area contributed by atoms with Gasteiger partial charge in [-0.3, -0.25) is 9.59 Å². The monoisotopic (exact) mass is 353 g/mol. The summed E-state index contributed by atoms with van der Waals surface area (Å²) in [5.41, 5.74) is 6.07. The Bertz CT molecular complexity index is 809. The van der Waals surface area contributed by atoms with Crippen molar-refractivity contribution in [1.29, 1.82) is 0 Å². The lowest BCUT2D eigenvalue weighted by atomic mass is 9.98. The highest BCUT2D eigenvalue weighted by Crippen LogP contribution is 2.27. The first kappa shape index (κ1) is 19.7. The number of anilines is 1. The Kier molecular flexibility index (Phi) is 6.56. The van der Waals surface area contributed by atoms with E-state index in [1.807, 2.05) is 57.2 Å². The number of aryl methyl sites for hydroxylation is 3. The van der Waals surface area contributed by atoms with Crippen LogP contribution in [0.15, 0.2) is 36.4 Å². The Morgan fingerprint density at radius 3 is 2.38 bits per heavy atom. The number of rotatable bonds is 6. The molecule has 0 unspecified atom stereocenters. The van der Waals surface area contributed by atoms with Crippen LogP contribution in [0.4, 0.5) is 5.69 Å². The maximum atomic E-state index is 12.2. The van der Waals surface area contributed by atoms with E-state index in [4.69, 9.17) is 4.74 Å². The molecule has 0 saturated carbocycles. The second-order valence-corrected chi connectivity index (χ2v) is 7.00. The number of esters is 1. The minimum absolute atomic E-state index is 0.163. The molecule has 1 N–H and O–H groups in total. The van der Waals surface area contributed by atoms with E-state index in [9.17, 15) is 9.59 Å². The van der Waals surface area contributed by atoms with Crippen LogP contribution < -0.4 is 5.32 Å². The summed E-state index contributed by atoms with van der Waals surface area (Å²) in [6, 6.07) is 11.8. The lowest BCUT2D eigenvalue weighted by molar-refractivity contribution is -0.146. The van der Waals surface area contributed by atoms with E-state index in [1.165, 1.54) is 5.56 Å². The van der Waals surface area contributed by atoms with E-state index in [0.717, 1.165) is 27.9 Å². The number of benzene rings is 2. The zero-order chi connectivity index (χ0) is 19.3. The van der Waals surface area contributed by atoms with E-state index in [-0.39, 0.29) is 24.9 Å². The van der Waals surface area contributed by atoms with Gasteiger partial charge >= 0.3 is 5.97 Å². The number of nitrogens with one attached hydrogen (secondary N) is 1. The SMILES string of the molecule is Cc1ccc(CC(=O)OCC(=O)Nc2c(C)cccc2C(C)C)cc1C. The first-order chi connectivity index (χ1) is 12.3. The van der Waals surface area contributed by atoms with Crippen LogP contribution in [0, 0.1) is 20.8 Å². The number of para-hydroxylation sites is 1. The molecule has 0 atom stereocenters. The Morgan fingerprint density at radius 1 is 1.00 bits per heavy atom. The van der Waals surface area contributed by atoms with Crippen molar-refractivity contribution in [3.05, 3.63) is 64.2 Å². The molecule has 0 fully saturated rings. The molecule has 26 heavy (non-hydrogen) atoms. The first-order valence-corrected chi connectivity index (χ1v) is 8.89. The van der Waals surface area contributed by atoms with Gasteiger partial charge in [-0.15, -0.1) is 0 Å². The molecule has 0 radical (unpaired) electrons. The molecule has 1 amide bonds. The van der Waals surface area contributed by atoms with Crippen LogP contribution in [-0.2, 0) is 20.7 Å². The molecular weight excluding hydrogens is 326 g/mol. The minimum Gasteiger partial charge on any atom is -0.455 e. The summed E-state index contributed by atoms with van der Waals surface area (Å²) < 4.78 is 5.14. The predicted molar refractivity (Wildman–Crippen MR) is 104 cm³/mol. The van der Waals surface area contributed by atoms with E-state index in [1.54, 1.807) is 0 Å². The highest BCUT2D eigenvalue weighted by Gasteiger charge is 2.14. The van der Waals surface area contributed by atoms with E-state index in [0.29, 0.717) is 0 Å². The van der Waals surface area contributed by atoms with Gasteiger partial charge in [0.15, 0.2) is 6.61 Å². The largest absolute Gasteiger partial charge is 0.455 e. The summed E-state index contributed by atoms with van der Waals surface area (Å²) in [4.78, 5) is 24.2. The third-order valence-corrected chi connectivity index (χ3v) is 4.48. The van der Waals surface area contributed by atoms with Crippen molar-refractivity contribution in [1.82, 2.24) is 0 Å². The van der Waals surface area contributed by atoms with Crippen LogP contribution in [0.25, 0.3) is 0 Å². The smallest absolute Gasteiger partial charge is 0.310 e. The summed E-state index contributed by atoms with van der Waals surface area (Å²) in [5.74, 6) is -0.440. The van der Waals surface area contributed by atoms with Crippen molar-refractivity contribution >= 4 is 17.6 Å². The van der Waals surface area contributed by atoms with Crippen molar-refractivity contribution < 1.29 is 14.3 Å². The van der Waals surface area contributed by atoms with Gasteiger partial charge in [0, 0.05) is 5.69 Å². The molecule has 0 aromatic heterocycles. The highest BCUT2D eigenvalue weighted by atomic mass is 16.5. The Morgan fingerprint density at radius 2 is 1.73 bits per heavy atom. The third-order valence-electron chi connectivity index (χ3n) is 4.48. The van der Waals surface area contributed by atoms with Crippen molar-refractivity contribution in [2.24, 2.45) is 0 Å². The molecule has 0 aliphatic rings. The van der Waals surface area contributed by atoms with Crippen LogP contribution in [0.1, 0.15) is 47.6 Å². The number of carbonyl (C=O) groups is 2. The molecule has 4 heteroatoms. The third kappa shape index (κ3) is 5.19. The number of amides is 1. The molecule has 0 saturated heterocycles. The molecule has 4 nitrogen and oxygen atoms in total. The lowest BCUT2D eigenvalue weighted by Gasteiger charge is -2.16. The van der Waals surface area contributed by atoms with E-state index >= 15 is 0 Å². The van der Waals surface area contributed by atoms with Gasteiger partial charge < -0.3 is 10.1 Å². The van der Waals surface area contributed by atoms with Gasteiger partial charge in [0.2, 0.25) is 0 Å². The minimum atomic E-state index is -0.405. The zero-order valence-corrected chi connectivity index (χ0v) is 16.2. The second-order valence-electron chi connectivity index (χ2n) is 7.00. The number of ether oxygens (including phenoxy) is 1. The number of hydrogen-bond donors (Lipinski definition) is 1. The molecule has 0 heterocycles. The van der Waals surface area contributed by atoms with Crippen LogP contribution in [0.3, 0.4) is 0 Å². The molecule has 138 valence electrons. The number of hydrogen-bond acceptors (Lipinski definition) is 3. The normalized spacial score (nSPS) is 10.7. The predicted octanol–water partition coefficient (Wildman–Crippen LogP) is 4.46. The van der Waals surface area contributed by atoms with Crippen molar-refractivity contribution in [3.8, 4) is 0 Å². The van der Waals surface area contributed by atoms with Gasteiger partial charge in [0.1, 0.15) is 0 Å². The molecule has 2 rings (SSSR count). The summed E-state index contributed by atoms with van der Waals surface area (Å²) in [6.07, 6.45) is 0.163. The number of carbonyl (C=O) groups excluding carboxylic acids is 2. The van der Waals surface area contributed by atoms with Gasteiger partial charge in [0.05, 0.1) is 6.42 Å². The maximum Gasteiger partial charge on any atom is 0.310 e. The Labute approximate surface area is 155 Å². The standard InChI is InChI=1S/C22H27NO3/c1-14(2)19-8-6-7-16(4)22(19)23-20(24)13-26-21(25)12-18-10-9-15(3)17(5)11-18/h6-11,14H,12-13H2,1-5H3,(H,23,24). The van der Waals surface area contributed by atoms with E-state index < -0.39 is 5.97 Å². The van der Waals surface area contributed by atoms with Crippen molar-refractivity contribution in [2.75, 3.05) is 11.9 Å². The second kappa shape index (κ2) is 8.65. The van der Waals surface area contributed by atoms with Crippen LogP contribution in [0.2, 0.25) is 0 Å². The van der Waals surface area contributed by atoms with Crippen LogP contribution in [0.5, 0.6) is 0 Å². The van der Waals surface area contributed by atoms with Gasteiger partial charge in [-0.2, -0.15) is 0 Å². The topological polar surface area (TPSA) is 55.4 Å². The quantitative estimate of drug-likeness (QED) is 0.780. The average Bonchev–Trinajstić information content (AvgIpc) is 2.58. The molecule has 0 spiro atoms. The Balaban J connectivity index is 1.93. The zero-order valence-electron chi connectivity index (χ0n) is 16.2. The first-order valence-electron chi connectivity index (χ1n) is 8.89. The summed E-state index contributed by atoms with van der Waals surface area (Å²) >= 11 is 0. The molecule has 0 aliphatic carbocycles. The van der Waals surface area contributed by atoms with Gasteiger partial charge in [-0.05, 0) is 54.5 Å². The average molecular weight is 353 g/mol. The molecule has 0 bridgehead atoms. The molecule has 2 aromatic carbocycles. The molecular formula is C22H27NO3. The van der Waals surface area contributed by atoms with Gasteiger partial charge in [-0.25, -0.2) is 0 Å². The fourth-order valence-electron chi connectivity index (χ4n) is 2.80. The maximum absolute atomic E-state index is 12.2. The summed E-state index contributed by atoms with van der Waals surface area (Å²) in [7, 11) is 0. The Hall–Kier alpha value is -2.62. The van der Waals surface area contributed by atoms with Crippen molar-refractivity contribution in [3.63, 3.8) is 0 Å². The lowest BCUT2D eigenvalue weighted by Crippen LogP contribution is -2.22. The van der Waals surface area contributed by atoms with Gasteiger partial charge in [-0.1, -0.05) is 50.2 Å². The van der Waals surface area contributed by atoms with Gasteiger partial charge in [0.25, 0.3) is 5.91 Å². The van der Waals surface area contributed by atoms with Crippen molar-refractivity contribution in [2.45, 2.75) is 47.0 Å². The van der Waals surface area contributed by atoms with Crippen LogP contribution >= 0.6 is 0 Å².